The first-order valence-electron chi connectivity index (χ1n) is 12.9. The third kappa shape index (κ3) is 4.02. The lowest BCUT2D eigenvalue weighted by Gasteiger charge is -2.50. The molecule has 4 aliphatic rings. The molecule has 1 aromatic rings. The van der Waals surface area contributed by atoms with Crippen molar-refractivity contribution in [2.45, 2.75) is 49.9 Å². The molecule has 2 fully saturated rings. The number of phenolic OH excluding ortho intramolecular Hbond substituents is 1. The number of benzene rings is 1. The number of nitrogens with two attached hydrogens (primary N) is 1. The summed E-state index contributed by atoms with van der Waals surface area (Å²) in [5.74, 6) is -10.7. The van der Waals surface area contributed by atoms with Crippen LogP contribution in [0.1, 0.15) is 42.4 Å². The number of fused-ring (bicyclic) bond motifs is 3. The minimum absolute atomic E-state index is 0.357. The Balaban J connectivity index is 1.72. The number of aromatic hydroxyl groups is 1. The number of halogens is 3. The summed E-state index contributed by atoms with van der Waals surface area (Å²) >= 11 is 0. The molecule has 1 aromatic carbocycles. The van der Waals surface area contributed by atoms with Crippen LogP contribution in [0.15, 0.2) is 23.0 Å². The number of aliphatic hydroxyl groups excluding tert-OH is 2. The largest absolute Gasteiger partial charge is 0.508 e. The van der Waals surface area contributed by atoms with E-state index in [0.29, 0.717) is 18.9 Å². The monoisotopic (exact) mass is 579 g/mol. The third-order valence-corrected chi connectivity index (χ3v) is 8.76. The Labute approximate surface area is 231 Å². The molecule has 41 heavy (non-hydrogen) atoms. The van der Waals surface area contributed by atoms with Crippen molar-refractivity contribution in [3.05, 3.63) is 39.7 Å². The Hall–Kier alpha value is -3.91. The summed E-state index contributed by atoms with van der Waals surface area (Å²) in [6.45, 7) is 0. The van der Waals surface area contributed by atoms with Gasteiger partial charge in [0.1, 0.15) is 22.8 Å². The molecule has 2 saturated carbocycles. The van der Waals surface area contributed by atoms with Gasteiger partial charge in [-0.1, -0.05) is 6.42 Å². The summed E-state index contributed by atoms with van der Waals surface area (Å²) in [6, 6.07) is -0.795. The van der Waals surface area contributed by atoms with E-state index in [4.69, 9.17) is 5.73 Å². The number of hydrogen-bond acceptors (Lipinski definition) is 9. The molecule has 0 saturated heterocycles. The van der Waals surface area contributed by atoms with Gasteiger partial charge in [-0.25, -0.2) is 0 Å². The number of ketones is 2. The number of phenols is 1. The molecule has 0 bridgehead atoms. The van der Waals surface area contributed by atoms with E-state index in [0.717, 1.165) is 6.42 Å². The standard InChI is InChI=1S/C27H28F3N3O8/c1-33(2)18-13-7-10-6-11-12(27(28,29)30)8-14(32-25(40)9-4-3-5-9)19(34)16(11)20(35)15(10)22(37)26(13,41)23(38)17(21(18)36)24(31)39/h8-10,13,18,34-35,38,41H,3-7H2,1-2H3,(H2,31,39)(H,32,40)/t10-,13-,18-,26-/m0/s1. The Bertz CT molecular complexity index is 1480. The Morgan fingerprint density at radius 1 is 1.15 bits per heavy atom. The zero-order valence-electron chi connectivity index (χ0n) is 22.0. The van der Waals surface area contributed by atoms with Gasteiger partial charge in [0.15, 0.2) is 11.4 Å². The number of alkyl halides is 3. The molecule has 0 unspecified atom stereocenters. The van der Waals surface area contributed by atoms with Crippen LogP contribution in [0.2, 0.25) is 0 Å². The SMILES string of the molecule is CN(C)[C@@H]1C(=O)C(C(N)=O)=C(O)[C@@]2(O)C(=O)C3=C(O)c4c(O)c(NC(=O)C5CCC5)cc(C(F)(F)F)c4C[C@H]3C[C@@H]12. The maximum absolute atomic E-state index is 14.3. The molecule has 2 amide bonds. The lowest BCUT2D eigenvalue weighted by atomic mass is 9.57. The summed E-state index contributed by atoms with van der Waals surface area (Å²) < 4.78 is 42.8. The first kappa shape index (κ1) is 28.6. The molecule has 0 spiro atoms. The first-order valence-corrected chi connectivity index (χ1v) is 12.9. The number of nitrogens with zero attached hydrogens (tertiary/aromatic N) is 1. The fraction of sp³-hybridized carbons (Fsp3) is 0.481. The highest BCUT2D eigenvalue weighted by Crippen LogP contribution is 2.55. The van der Waals surface area contributed by atoms with Crippen molar-refractivity contribution in [2.75, 3.05) is 19.4 Å². The minimum Gasteiger partial charge on any atom is -0.508 e. The number of anilines is 1. The van der Waals surface area contributed by atoms with Crippen LogP contribution in [0.5, 0.6) is 5.75 Å². The van der Waals surface area contributed by atoms with Gasteiger partial charge in [-0.2, -0.15) is 13.2 Å². The molecule has 0 aromatic heterocycles. The number of likely N-dealkylation sites (N-methyl/N-ethyl adjacent to an activating group) is 1. The second-order valence-corrected chi connectivity index (χ2v) is 11.3. The quantitative estimate of drug-likeness (QED) is 0.228. The van der Waals surface area contributed by atoms with Crippen molar-refractivity contribution < 1.29 is 52.8 Å². The van der Waals surface area contributed by atoms with E-state index < -0.39 is 116 Å². The number of hydrogen-bond donors (Lipinski definition) is 6. The van der Waals surface area contributed by atoms with E-state index in [1.54, 1.807) is 0 Å². The second-order valence-electron chi connectivity index (χ2n) is 11.3. The van der Waals surface area contributed by atoms with Gasteiger partial charge in [-0.3, -0.25) is 24.1 Å². The average Bonchev–Trinajstić information content (AvgIpc) is 2.80. The van der Waals surface area contributed by atoms with Crippen LogP contribution in [0.25, 0.3) is 5.76 Å². The van der Waals surface area contributed by atoms with Crippen LogP contribution in [-0.4, -0.2) is 74.4 Å². The van der Waals surface area contributed by atoms with Gasteiger partial charge >= 0.3 is 6.18 Å². The minimum atomic E-state index is -4.99. The number of carbonyl (C=O) groups is 4. The smallest absolute Gasteiger partial charge is 0.416 e. The molecular formula is C27H28F3N3O8. The van der Waals surface area contributed by atoms with Gasteiger partial charge < -0.3 is 31.5 Å². The number of aliphatic hydroxyl groups is 3. The Morgan fingerprint density at radius 2 is 1.78 bits per heavy atom. The lowest BCUT2D eigenvalue weighted by molar-refractivity contribution is -0.153. The summed E-state index contributed by atoms with van der Waals surface area (Å²) in [5.41, 5.74) is -2.41. The van der Waals surface area contributed by atoms with Crippen molar-refractivity contribution in [1.82, 2.24) is 4.90 Å². The van der Waals surface area contributed by atoms with Crippen LogP contribution in [0.4, 0.5) is 18.9 Å². The number of primary amides is 1. The number of rotatable bonds is 4. The number of carbonyl (C=O) groups excluding carboxylic acids is 4. The molecule has 11 nitrogen and oxygen atoms in total. The molecule has 4 aliphatic carbocycles. The van der Waals surface area contributed by atoms with E-state index in [-0.39, 0.29) is 6.42 Å². The second kappa shape index (κ2) is 9.31. The highest BCUT2D eigenvalue weighted by Gasteiger charge is 2.64. The molecule has 7 N–H and O–H groups in total. The van der Waals surface area contributed by atoms with E-state index in [1.807, 2.05) is 0 Å². The van der Waals surface area contributed by atoms with Gasteiger partial charge in [-0.15, -0.1) is 0 Å². The van der Waals surface area contributed by atoms with Crippen LogP contribution in [-0.2, 0) is 31.8 Å². The molecule has 4 atom stereocenters. The summed E-state index contributed by atoms with van der Waals surface area (Å²) in [4.78, 5) is 52.8. The average molecular weight is 580 g/mol. The van der Waals surface area contributed by atoms with E-state index in [2.05, 4.69) is 5.32 Å². The highest BCUT2D eigenvalue weighted by molar-refractivity contribution is 6.24. The van der Waals surface area contributed by atoms with Crippen LogP contribution in [0.3, 0.4) is 0 Å². The van der Waals surface area contributed by atoms with Crippen molar-refractivity contribution in [3.63, 3.8) is 0 Å². The molecule has 14 heteroatoms. The van der Waals surface area contributed by atoms with Crippen LogP contribution >= 0.6 is 0 Å². The Morgan fingerprint density at radius 3 is 2.29 bits per heavy atom. The molecule has 220 valence electrons. The molecular weight excluding hydrogens is 551 g/mol. The number of Topliss-reactive ketones (excluding diaryl/α,β-unsaturated/α-hetero) is 2. The zero-order valence-corrected chi connectivity index (χ0v) is 22.0. The predicted octanol–water partition coefficient (Wildman–Crippen LogP) is 1.72. The maximum Gasteiger partial charge on any atom is 0.416 e. The fourth-order valence-electron chi connectivity index (χ4n) is 6.56. The normalized spacial score (nSPS) is 28.2. The molecule has 0 aliphatic heterocycles. The lowest BCUT2D eigenvalue weighted by Crippen LogP contribution is -2.65. The molecule has 5 rings (SSSR count). The fourth-order valence-corrected chi connectivity index (χ4v) is 6.56. The molecule has 0 heterocycles. The van der Waals surface area contributed by atoms with Gasteiger partial charge in [0.05, 0.1) is 22.9 Å². The van der Waals surface area contributed by atoms with Gasteiger partial charge in [0.2, 0.25) is 11.7 Å². The zero-order chi connectivity index (χ0) is 30.3. The van der Waals surface area contributed by atoms with Crippen molar-refractivity contribution >= 4 is 34.8 Å². The summed E-state index contributed by atoms with van der Waals surface area (Å²) in [5, 5.41) is 47.0. The van der Waals surface area contributed by atoms with Crippen molar-refractivity contribution in [1.29, 1.82) is 0 Å². The molecule has 0 radical (unpaired) electrons. The predicted molar refractivity (Wildman–Crippen MR) is 135 cm³/mol. The maximum atomic E-state index is 14.3. The third-order valence-electron chi connectivity index (χ3n) is 8.76. The number of amides is 2. The van der Waals surface area contributed by atoms with Gasteiger partial charge in [-0.05, 0) is 57.3 Å². The first-order chi connectivity index (χ1) is 19.0. The van der Waals surface area contributed by atoms with E-state index >= 15 is 0 Å². The van der Waals surface area contributed by atoms with Gasteiger partial charge in [0.25, 0.3) is 5.91 Å². The summed E-state index contributed by atoms with van der Waals surface area (Å²) in [6.07, 6.45) is -4.07. The van der Waals surface area contributed by atoms with Crippen LogP contribution < -0.4 is 11.1 Å². The Kier molecular flexibility index (Phi) is 6.50. The topological polar surface area (TPSA) is 190 Å². The van der Waals surface area contributed by atoms with E-state index in [9.17, 15) is 52.8 Å². The number of nitrogens with one attached hydrogen (secondary N) is 1. The van der Waals surface area contributed by atoms with Crippen molar-refractivity contribution in [3.8, 4) is 5.75 Å². The van der Waals surface area contributed by atoms with Crippen molar-refractivity contribution in [2.24, 2.45) is 23.5 Å². The van der Waals surface area contributed by atoms with Gasteiger partial charge in [0, 0.05) is 17.4 Å². The highest BCUT2D eigenvalue weighted by atomic mass is 19.4. The van der Waals surface area contributed by atoms with E-state index in [1.165, 1.54) is 19.0 Å². The summed E-state index contributed by atoms with van der Waals surface area (Å²) in [7, 11) is 2.82. The van der Waals surface area contributed by atoms with Crippen LogP contribution in [0, 0.1) is 17.8 Å².